The Balaban J connectivity index is 2.04. The second-order valence-corrected chi connectivity index (χ2v) is 3.72. The largest absolute Gasteiger partial charge is 0.381 e. The summed E-state index contributed by atoms with van der Waals surface area (Å²) in [5.41, 5.74) is 0. The standard InChI is InChI=1S/C6H10OS/c8-6-1-2-7-4-5(6)3-6/h5,8H,1-4H2. The van der Waals surface area contributed by atoms with E-state index in [1.807, 2.05) is 0 Å². The normalized spacial score (nSPS) is 52.9. The van der Waals surface area contributed by atoms with Crippen LogP contribution in [0.15, 0.2) is 0 Å². The van der Waals surface area contributed by atoms with Crippen LogP contribution in [0, 0.1) is 5.92 Å². The average molecular weight is 130 g/mol. The molecule has 0 aromatic heterocycles. The molecular weight excluding hydrogens is 120 g/mol. The van der Waals surface area contributed by atoms with Gasteiger partial charge in [0.05, 0.1) is 6.61 Å². The van der Waals surface area contributed by atoms with E-state index in [0.717, 1.165) is 19.1 Å². The molecule has 46 valence electrons. The van der Waals surface area contributed by atoms with E-state index in [4.69, 9.17) is 4.74 Å². The molecule has 0 bridgehead atoms. The molecule has 8 heavy (non-hydrogen) atoms. The second-order valence-electron chi connectivity index (χ2n) is 2.83. The first kappa shape index (κ1) is 5.12. The summed E-state index contributed by atoms with van der Waals surface area (Å²) in [6.45, 7) is 1.89. The van der Waals surface area contributed by atoms with Crippen molar-refractivity contribution in [3.63, 3.8) is 0 Å². The summed E-state index contributed by atoms with van der Waals surface area (Å²) in [6.07, 6.45) is 2.46. The lowest BCUT2D eigenvalue weighted by Crippen LogP contribution is -2.17. The zero-order valence-electron chi connectivity index (χ0n) is 4.76. The Morgan fingerprint density at radius 1 is 1.62 bits per heavy atom. The molecule has 2 rings (SSSR count). The zero-order chi connectivity index (χ0) is 5.61. The summed E-state index contributed by atoms with van der Waals surface area (Å²) in [4.78, 5) is 0. The molecule has 0 N–H and O–H groups in total. The van der Waals surface area contributed by atoms with Crippen molar-refractivity contribution >= 4 is 12.6 Å². The fourth-order valence-corrected chi connectivity index (χ4v) is 1.75. The van der Waals surface area contributed by atoms with Gasteiger partial charge in [0.1, 0.15) is 0 Å². The number of ether oxygens (including phenoxy) is 1. The van der Waals surface area contributed by atoms with E-state index < -0.39 is 0 Å². The highest BCUT2D eigenvalue weighted by molar-refractivity contribution is 7.82. The van der Waals surface area contributed by atoms with Gasteiger partial charge in [-0.15, -0.1) is 0 Å². The summed E-state index contributed by atoms with van der Waals surface area (Å²) >= 11 is 4.51. The summed E-state index contributed by atoms with van der Waals surface area (Å²) < 4.78 is 5.65. The van der Waals surface area contributed by atoms with Gasteiger partial charge in [-0.05, 0) is 18.8 Å². The van der Waals surface area contributed by atoms with Crippen molar-refractivity contribution < 1.29 is 4.74 Å². The van der Waals surface area contributed by atoms with Crippen LogP contribution in [0.25, 0.3) is 0 Å². The Morgan fingerprint density at radius 3 is 3.00 bits per heavy atom. The van der Waals surface area contributed by atoms with Crippen LogP contribution < -0.4 is 0 Å². The van der Waals surface area contributed by atoms with Crippen LogP contribution in [0.5, 0.6) is 0 Å². The quantitative estimate of drug-likeness (QED) is 0.483. The maximum atomic E-state index is 5.24. The average Bonchev–Trinajstić information content (AvgIpc) is 2.39. The fraction of sp³-hybridized carbons (Fsp3) is 1.00. The SMILES string of the molecule is SC12CCOCC1C2. The molecule has 0 aromatic rings. The van der Waals surface area contributed by atoms with E-state index in [9.17, 15) is 0 Å². The van der Waals surface area contributed by atoms with Crippen molar-refractivity contribution in [2.75, 3.05) is 13.2 Å². The maximum absolute atomic E-state index is 5.24. The van der Waals surface area contributed by atoms with Gasteiger partial charge in [0, 0.05) is 11.4 Å². The minimum absolute atomic E-state index is 0.415. The molecule has 0 spiro atoms. The van der Waals surface area contributed by atoms with E-state index in [-0.39, 0.29) is 0 Å². The number of hydrogen-bond donors (Lipinski definition) is 1. The summed E-state index contributed by atoms with van der Waals surface area (Å²) in [5, 5.41) is 0. The first-order valence-corrected chi connectivity index (χ1v) is 3.56. The molecular formula is C6H10OS. The van der Waals surface area contributed by atoms with E-state index >= 15 is 0 Å². The van der Waals surface area contributed by atoms with Gasteiger partial charge in [-0.3, -0.25) is 0 Å². The lowest BCUT2D eigenvalue weighted by molar-refractivity contribution is 0.0948. The minimum Gasteiger partial charge on any atom is -0.381 e. The predicted molar refractivity (Wildman–Crippen MR) is 35.3 cm³/mol. The van der Waals surface area contributed by atoms with E-state index in [1.165, 1.54) is 12.8 Å². The molecule has 1 heterocycles. The first-order chi connectivity index (χ1) is 3.81. The number of rotatable bonds is 0. The Hall–Kier alpha value is 0.310. The highest BCUT2D eigenvalue weighted by Gasteiger charge is 2.52. The van der Waals surface area contributed by atoms with Crippen molar-refractivity contribution in [3.8, 4) is 0 Å². The molecule has 2 unspecified atom stereocenters. The van der Waals surface area contributed by atoms with Crippen molar-refractivity contribution in [2.45, 2.75) is 17.6 Å². The number of thiol groups is 1. The fourth-order valence-electron chi connectivity index (χ4n) is 1.36. The molecule has 2 heteroatoms. The predicted octanol–water partition coefficient (Wildman–Crippen LogP) is 1.10. The summed E-state index contributed by atoms with van der Waals surface area (Å²) in [6, 6.07) is 0. The number of fused-ring (bicyclic) bond motifs is 1. The third-order valence-corrected chi connectivity index (χ3v) is 2.97. The molecule has 1 nitrogen and oxygen atoms in total. The molecule has 1 aliphatic carbocycles. The highest BCUT2D eigenvalue weighted by Crippen LogP contribution is 2.53. The molecule has 0 radical (unpaired) electrons. The van der Waals surface area contributed by atoms with Crippen molar-refractivity contribution in [2.24, 2.45) is 5.92 Å². The summed E-state index contributed by atoms with van der Waals surface area (Å²) in [7, 11) is 0. The van der Waals surface area contributed by atoms with Crippen LogP contribution in [0.3, 0.4) is 0 Å². The third kappa shape index (κ3) is 0.594. The molecule has 0 amide bonds. The van der Waals surface area contributed by atoms with Crippen LogP contribution in [-0.4, -0.2) is 18.0 Å². The van der Waals surface area contributed by atoms with Gasteiger partial charge in [-0.25, -0.2) is 0 Å². The van der Waals surface area contributed by atoms with Crippen LogP contribution in [0.1, 0.15) is 12.8 Å². The Morgan fingerprint density at radius 2 is 2.50 bits per heavy atom. The Bertz CT molecular complexity index is 113. The molecule has 0 aromatic carbocycles. The van der Waals surface area contributed by atoms with Gasteiger partial charge in [-0.2, -0.15) is 12.6 Å². The maximum Gasteiger partial charge on any atom is 0.0508 e. The van der Waals surface area contributed by atoms with Crippen LogP contribution in [0.4, 0.5) is 0 Å². The molecule has 1 aliphatic heterocycles. The zero-order valence-corrected chi connectivity index (χ0v) is 5.66. The van der Waals surface area contributed by atoms with Crippen LogP contribution in [0.2, 0.25) is 0 Å². The van der Waals surface area contributed by atoms with Gasteiger partial charge in [0.25, 0.3) is 0 Å². The van der Waals surface area contributed by atoms with E-state index in [1.54, 1.807) is 0 Å². The van der Waals surface area contributed by atoms with Crippen molar-refractivity contribution in [3.05, 3.63) is 0 Å². The van der Waals surface area contributed by atoms with E-state index in [2.05, 4.69) is 12.6 Å². The Kier molecular flexibility index (Phi) is 0.910. The third-order valence-electron chi connectivity index (χ3n) is 2.20. The molecule has 1 saturated carbocycles. The van der Waals surface area contributed by atoms with Crippen LogP contribution >= 0.6 is 12.6 Å². The van der Waals surface area contributed by atoms with Gasteiger partial charge >= 0.3 is 0 Å². The van der Waals surface area contributed by atoms with Gasteiger partial charge in [0.2, 0.25) is 0 Å². The lowest BCUT2D eigenvalue weighted by atomic mass is 10.2. The number of hydrogen-bond acceptors (Lipinski definition) is 2. The van der Waals surface area contributed by atoms with Gasteiger partial charge in [-0.1, -0.05) is 0 Å². The molecule has 2 aliphatic rings. The molecule has 1 saturated heterocycles. The van der Waals surface area contributed by atoms with Gasteiger partial charge < -0.3 is 4.74 Å². The molecule has 2 fully saturated rings. The van der Waals surface area contributed by atoms with Crippen molar-refractivity contribution in [1.29, 1.82) is 0 Å². The van der Waals surface area contributed by atoms with Gasteiger partial charge in [0.15, 0.2) is 0 Å². The molecule has 2 atom stereocenters. The van der Waals surface area contributed by atoms with Crippen molar-refractivity contribution in [1.82, 2.24) is 0 Å². The second kappa shape index (κ2) is 1.42. The summed E-state index contributed by atoms with van der Waals surface area (Å²) in [5.74, 6) is 0.791. The monoisotopic (exact) mass is 130 g/mol. The minimum atomic E-state index is 0.415. The Labute approximate surface area is 54.8 Å². The lowest BCUT2D eigenvalue weighted by Gasteiger charge is -2.15. The van der Waals surface area contributed by atoms with E-state index in [0.29, 0.717) is 4.75 Å². The highest BCUT2D eigenvalue weighted by atomic mass is 32.1. The van der Waals surface area contributed by atoms with Crippen LogP contribution in [-0.2, 0) is 4.74 Å². The topological polar surface area (TPSA) is 9.23 Å². The first-order valence-electron chi connectivity index (χ1n) is 3.11. The smallest absolute Gasteiger partial charge is 0.0508 e.